The van der Waals surface area contributed by atoms with Crippen molar-refractivity contribution in [2.75, 3.05) is 5.75 Å². The quantitative estimate of drug-likeness (QED) is 0.773. The van der Waals surface area contributed by atoms with Gasteiger partial charge < -0.3 is 10.6 Å². The average molecular weight is 348 g/mol. The topological polar surface area (TPSA) is 54.0 Å². The lowest BCUT2D eigenvalue weighted by atomic mass is 9.84. The van der Waals surface area contributed by atoms with Crippen molar-refractivity contribution in [3.8, 4) is 0 Å². The van der Waals surface area contributed by atoms with E-state index in [1.165, 1.54) is 51.4 Å². The number of hydrogen-bond acceptors (Lipinski definition) is 4. The minimum Gasteiger partial charge on any atom is -0.351 e. The van der Waals surface area contributed by atoms with Crippen LogP contribution < -0.4 is 10.6 Å². The minimum atomic E-state index is 0.144. The number of carbonyl (C=O) groups excluding carboxylic acids is 1. The smallest absolute Gasteiger partial charge is 0.230 e. The molecule has 3 rings (SSSR count). The molecule has 2 aliphatic rings. The van der Waals surface area contributed by atoms with E-state index < -0.39 is 0 Å². The van der Waals surface area contributed by atoms with Gasteiger partial charge in [-0.05, 0) is 37.8 Å². The van der Waals surface area contributed by atoms with E-state index in [4.69, 9.17) is 0 Å². The van der Waals surface area contributed by atoms with Crippen molar-refractivity contribution in [1.82, 2.24) is 15.6 Å². The highest BCUT2D eigenvalue weighted by Crippen LogP contribution is 2.24. The van der Waals surface area contributed by atoms with Gasteiger partial charge in [0.1, 0.15) is 0 Å². The molecule has 1 aromatic heterocycles. The molecule has 0 aliphatic heterocycles. The van der Waals surface area contributed by atoms with Crippen molar-refractivity contribution >= 4 is 17.7 Å². The number of rotatable bonds is 6. The Hall–Kier alpha value is -1.07. The molecule has 2 atom stereocenters. The van der Waals surface area contributed by atoms with Gasteiger partial charge >= 0.3 is 0 Å². The van der Waals surface area contributed by atoms with Crippen LogP contribution in [0.2, 0.25) is 0 Å². The van der Waals surface area contributed by atoms with Crippen molar-refractivity contribution < 1.29 is 4.79 Å². The van der Waals surface area contributed by atoms with E-state index in [0.29, 0.717) is 23.9 Å². The summed E-state index contributed by atoms with van der Waals surface area (Å²) in [5.74, 6) is 0.627. The van der Waals surface area contributed by atoms with Gasteiger partial charge in [-0.15, -0.1) is 11.8 Å². The molecular formula is C19H29N3OS. The molecule has 5 heteroatoms. The third-order valence-electron chi connectivity index (χ3n) is 5.20. The molecule has 2 aliphatic carbocycles. The fourth-order valence-electron chi connectivity index (χ4n) is 3.63. The Labute approximate surface area is 149 Å². The lowest BCUT2D eigenvalue weighted by molar-refractivity contribution is -0.120. The van der Waals surface area contributed by atoms with E-state index in [2.05, 4.69) is 15.6 Å². The van der Waals surface area contributed by atoms with Gasteiger partial charge in [-0.25, -0.2) is 0 Å². The van der Waals surface area contributed by atoms with Gasteiger partial charge in [0.2, 0.25) is 5.91 Å². The van der Waals surface area contributed by atoms with Crippen LogP contribution >= 0.6 is 11.8 Å². The summed E-state index contributed by atoms with van der Waals surface area (Å²) in [4.78, 5) is 17.3. The van der Waals surface area contributed by atoms with Crippen LogP contribution in [0.15, 0.2) is 29.4 Å². The summed E-state index contributed by atoms with van der Waals surface area (Å²) in [5.41, 5.74) is 0. The zero-order valence-electron chi connectivity index (χ0n) is 14.4. The number of nitrogens with zero attached hydrogens (tertiary/aromatic N) is 1. The molecule has 0 spiro atoms. The number of carbonyl (C=O) groups is 1. The van der Waals surface area contributed by atoms with Crippen LogP contribution in [0.25, 0.3) is 0 Å². The molecule has 0 unspecified atom stereocenters. The molecule has 2 saturated carbocycles. The maximum Gasteiger partial charge on any atom is 0.230 e. The van der Waals surface area contributed by atoms with Gasteiger partial charge in [-0.1, -0.05) is 32.1 Å². The predicted molar refractivity (Wildman–Crippen MR) is 99.2 cm³/mol. The van der Waals surface area contributed by atoms with Gasteiger partial charge in [0.15, 0.2) is 0 Å². The molecular weight excluding hydrogens is 318 g/mol. The third kappa shape index (κ3) is 5.49. The van der Waals surface area contributed by atoms with Crippen LogP contribution in [0.5, 0.6) is 0 Å². The zero-order chi connectivity index (χ0) is 16.6. The van der Waals surface area contributed by atoms with E-state index in [0.717, 1.165) is 11.3 Å². The molecule has 2 N–H and O–H groups in total. The number of nitrogens with one attached hydrogen (secondary N) is 2. The lowest BCUT2D eigenvalue weighted by Gasteiger charge is -2.40. The van der Waals surface area contributed by atoms with Crippen LogP contribution in [-0.2, 0) is 4.79 Å². The highest BCUT2D eigenvalue weighted by molar-refractivity contribution is 8.00. The molecule has 24 heavy (non-hydrogen) atoms. The molecule has 0 radical (unpaired) electrons. The summed E-state index contributed by atoms with van der Waals surface area (Å²) in [6, 6.07) is 5.34. The average Bonchev–Trinajstić information content (AvgIpc) is 2.57. The Morgan fingerprint density at radius 3 is 2.33 bits per heavy atom. The fraction of sp³-hybridized carbons (Fsp3) is 0.684. The highest BCUT2D eigenvalue weighted by atomic mass is 32.2. The molecule has 0 saturated heterocycles. The first-order valence-electron chi connectivity index (χ1n) is 9.39. The number of amides is 1. The molecule has 1 amide bonds. The number of aromatic nitrogens is 1. The molecule has 1 heterocycles. The number of hydrogen-bond donors (Lipinski definition) is 2. The second kappa shape index (κ2) is 9.42. The van der Waals surface area contributed by atoms with Crippen LogP contribution in [0.1, 0.15) is 57.8 Å². The SMILES string of the molecule is O=C(CSc1ccncc1)N[C@H]1CC[C@H]1NC1CCCCCCC1. The van der Waals surface area contributed by atoms with E-state index in [-0.39, 0.29) is 5.91 Å². The summed E-state index contributed by atoms with van der Waals surface area (Å²) in [5, 5.41) is 7.04. The maximum atomic E-state index is 12.2. The van der Waals surface area contributed by atoms with Crippen molar-refractivity contribution in [3.05, 3.63) is 24.5 Å². The molecule has 0 aromatic carbocycles. The Morgan fingerprint density at radius 1 is 1.00 bits per heavy atom. The van der Waals surface area contributed by atoms with Crippen LogP contribution in [0.3, 0.4) is 0 Å². The minimum absolute atomic E-state index is 0.144. The lowest BCUT2D eigenvalue weighted by Crippen LogP contribution is -2.59. The maximum absolute atomic E-state index is 12.2. The van der Waals surface area contributed by atoms with Crippen molar-refractivity contribution in [2.24, 2.45) is 0 Å². The Balaban J connectivity index is 1.38. The summed E-state index contributed by atoms with van der Waals surface area (Å²) in [6.07, 6.45) is 15.3. The summed E-state index contributed by atoms with van der Waals surface area (Å²) >= 11 is 1.57. The molecule has 132 valence electrons. The largest absolute Gasteiger partial charge is 0.351 e. The number of thioether (sulfide) groups is 1. The first-order chi connectivity index (χ1) is 11.8. The Bertz CT molecular complexity index is 503. The van der Waals surface area contributed by atoms with Crippen molar-refractivity contribution in [2.45, 2.75) is 80.8 Å². The molecule has 0 bridgehead atoms. The first-order valence-corrected chi connectivity index (χ1v) is 10.4. The summed E-state index contributed by atoms with van der Waals surface area (Å²) in [6.45, 7) is 0. The Morgan fingerprint density at radius 2 is 1.67 bits per heavy atom. The van der Waals surface area contributed by atoms with E-state index >= 15 is 0 Å². The standard InChI is InChI=1S/C19H29N3OS/c23-19(14-24-16-10-12-20-13-11-16)22-18-9-8-17(18)21-15-6-4-2-1-3-5-7-15/h10-13,15,17-18,21H,1-9,14H2,(H,22,23)/t17-,18+/m1/s1. The van der Waals surface area contributed by atoms with Crippen molar-refractivity contribution in [1.29, 1.82) is 0 Å². The monoisotopic (exact) mass is 347 g/mol. The summed E-state index contributed by atoms with van der Waals surface area (Å²) in [7, 11) is 0. The normalized spacial score (nSPS) is 25.3. The fourth-order valence-corrected chi connectivity index (χ4v) is 4.32. The second-order valence-corrected chi connectivity index (χ2v) is 8.09. The van der Waals surface area contributed by atoms with Crippen LogP contribution in [0, 0.1) is 0 Å². The molecule has 1 aromatic rings. The third-order valence-corrected chi connectivity index (χ3v) is 6.21. The van der Waals surface area contributed by atoms with E-state index in [1.54, 1.807) is 24.2 Å². The molecule has 4 nitrogen and oxygen atoms in total. The van der Waals surface area contributed by atoms with Gasteiger partial charge in [0.25, 0.3) is 0 Å². The van der Waals surface area contributed by atoms with Gasteiger partial charge in [-0.2, -0.15) is 0 Å². The molecule has 2 fully saturated rings. The van der Waals surface area contributed by atoms with Gasteiger partial charge in [-0.3, -0.25) is 9.78 Å². The van der Waals surface area contributed by atoms with Crippen LogP contribution in [-0.4, -0.2) is 34.8 Å². The second-order valence-electron chi connectivity index (χ2n) is 7.04. The van der Waals surface area contributed by atoms with Crippen molar-refractivity contribution in [3.63, 3.8) is 0 Å². The first kappa shape index (κ1) is 17.7. The predicted octanol–water partition coefficient (Wildman–Crippen LogP) is 3.52. The Kier molecular flexibility index (Phi) is 6.97. The zero-order valence-corrected chi connectivity index (χ0v) is 15.2. The van der Waals surface area contributed by atoms with Crippen LogP contribution in [0.4, 0.5) is 0 Å². The number of pyridine rings is 1. The van der Waals surface area contributed by atoms with Gasteiger partial charge in [0.05, 0.1) is 5.75 Å². The van der Waals surface area contributed by atoms with Gasteiger partial charge in [0, 0.05) is 35.4 Å². The van der Waals surface area contributed by atoms with E-state index in [1.807, 2.05) is 12.1 Å². The highest BCUT2D eigenvalue weighted by Gasteiger charge is 2.33. The van der Waals surface area contributed by atoms with E-state index in [9.17, 15) is 4.79 Å². The summed E-state index contributed by atoms with van der Waals surface area (Å²) < 4.78 is 0.